The zero-order chi connectivity index (χ0) is 15.5. The number of aromatic nitrogens is 1. The van der Waals surface area contributed by atoms with Crippen LogP contribution in [0.15, 0.2) is 53.6 Å². The average molecular weight is 304 g/mol. The third-order valence-corrected chi connectivity index (χ3v) is 4.87. The quantitative estimate of drug-likeness (QED) is 0.796. The average Bonchev–Trinajstić information content (AvgIpc) is 2.54. The lowest BCUT2D eigenvalue weighted by atomic mass is 10.1. The van der Waals surface area contributed by atoms with Crippen molar-refractivity contribution in [1.82, 2.24) is 4.98 Å². The summed E-state index contributed by atoms with van der Waals surface area (Å²) in [6.45, 7) is 1.74. The second kappa shape index (κ2) is 6.05. The molecule has 1 aromatic heterocycles. The molecule has 21 heavy (non-hydrogen) atoms. The molecule has 6 heteroatoms. The minimum Gasteiger partial charge on any atom is -0.294 e. The van der Waals surface area contributed by atoms with Gasteiger partial charge in [-0.1, -0.05) is 25.1 Å². The van der Waals surface area contributed by atoms with E-state index in [1.54, 1.807) is 37.3 Å². The monoisotopic (exact) mass is 304 g/mol. The number of hydrogen-bond donors (Lipinski definition) is 0. The van der Waals surface area contributed by atoms with Crippen LogP contribution >= 0.6 is 0 Å². The molecular formula is C15H16N2O3S. The van der Waals surface area contributed by atoms with Crippen LogP contribution in [0.25, 0.3) is 0 Å². The van der Waals surface area contributed by atoms with Gasteiger partial charge in [-0.2, -0.15) is 0 Å². The van der Waals surface area contributed by atoms with Crippen LogP contribution in [0.4, 0.5) is 5.82 Å². The lowest BCUT2D eigenvalue weighted by molar-refractivity contribution is 0.0988. The van der Waals surface area contributed by atoms with Gasteiger partial charge in [0, 0.05) is 25.2 Å². The van der Waals surface area contributed by atoms with Gasteiger partial charge in [-0.3, -0.25) is 9.10 Å². The first-order valence-electron chi connectivity index (χ1n) is 6.50. The van der Waals surface area contributed by atoms with E-state index in [0.717, 1.165) is 4.31 Å². The molecule has 5 nitrogen and oxygen atoms in total. The van der Waals surface area contributed by atoms with Crippen LogP contribution in [0.3, 0.4) is 0 Å². The number of rotatable bonds is 5. The van der Waals surface area contributed by atoms with Gasteiger partial charge in [0.05, 0.1) is 4.90 Å². The Morgan fingerprint density at radius 3 is 2.57 bits per heavy atom. The van der Waals surface area contributed by atoms with Gasteiger partial charge < -0.3 is 0 Å². The van der Waals surface area contributed by atoms with Crippen LogP contribution in [-0.4, -0.2) is 26.2 Å². The highest BCUT2D eigenvalue weighted by Crippen LogP contribution is 2.21. The SMILES string of the molecule is CCC(=O)c1cccc(S(=O)(=O)N(C)c2ccccn2)c1. The van der Waals surface area contributed by atoms with Gasteiger partial charge >= 0.3 is 0 Å². The molecular weight excluding hydrogens is 288 g/mol. The van der Waals surface area contributed by atoms with Crippen molar-refractivity contribution in [3.05, 3.63) is 54.2 Å². The molecule has 0 saturated carbocycles. The number of anilines is 1. The first kappa shape index (κ1) is 15.2. The maximum absolute atomic E-state index is 12.6. The predicted molar refractivity (Wildman–Crippen MR) is 80.9 cm³/mol. The molecule has 0 unspecified atom stereocenters. The Kier molecular flexibility index (Phi) is 4.37. The number of pyridine rings is 1. The first-order chi connectivity index (χ1) is 9.96. The summed E-state index contributed by atoms with van der Waals surface area (Å²) in [6.07, 6.45) is 1.86. The van der Waals surface area contributed by atoms with Crippen molar-refractivity contribution in [2.45, 2.75) is 18.2 Å². The smallest absolute Gasteiger partial charge is 0.265 e. The Morgan fingerprint density at radius 1 is 1.19 bits per heavy atom. The number of Topliss-reactive ketones (excluding diaryl/α,β-unsaturated/α-hetero) is 1. The molecule has 1 aromatic carbocycles. The van der Waals surface area contributed by atoms with E-state index in [9.17, 15) is 13.2 Å². The zero-order valence-corrected chi connectivity index (χ0v) is 12.7. The summed E-state index contributed by atoms with van der Waals surface area (Å²) in [5, 5.41) is 0. The summed E-state index contributed by atoms with van der Waals surface area (Å²) >= 11 is 0. The van der Waals surface area contributed by atoms with Gasteiger partial charge in [0.25, 0.3) is 10.0 Å². The predicted octanol–water partition coefficient (Wildman–Crippen LogP) is 2.50. The van der Waals surface area contributed by atoms with E-state index in [-0.39, 0.29) is 10.7 Å². The molecule has 0 saturated heterocycles. The van der Waals surface area contributed by atoms with Crippen molar-refractivity contribution in [2.75, 3.05) is 11.4 Å². The van der Waals surface area contributed by atoms with Gasteiger partial charge in [0.15, 0.2) is 5.78 Å². The Balaban J connectivity index is 2.43. The lowest BCUT2D eigenvalue weighted by Crippen LogP contribution is -2.27. The van der Waals surface area contributed by atoms with Crippen LogP contribution in [0.5, 0.6) is 0 Å². The molecule has 2 aromatic rings. The minimum absolute atomic E-state index is 0.0787. The third-order valence-electron chi connectivity index (χ3n) is 3.11. The number of carbonyl (C=O) groups is 1. The fourth-order valence-corrected chi connectivity index (χ4v) is 3.05. The standard InChI is InChI=1S/C15H16N2O3S/c1-3-14(18)12-7-6-8-13(11-12)21(19,20)17(2)15-9-4-5-10-16-15/h4-11H,3H2,1-2H3. The van der Waals surface area contributed by atoms with E-state index < -0.39 is 10.0 Å². The molecule has 0 aliphatic heterocycles. The topological polar surface area (TPSA) is 67.3 Å². The largest absolute Gasteiger partial charge is 0.294 e. The highest BCUT2D eigenvalue weighted by atomic mass is 32.2. The number of sulfonamides is 1. The van der Waals surface area contributed by atoms with Gasteiger partial charge in [-0.05, 0) is 24.3 Å². The maximum Gasteiger partial charge on any atom is 0.265 e. The van der Waals surface area contributed by atoms with Crippen molar-refractivity contribution in [3.63, 3.8) is 0 Å². The molecule has 0 fully saturated rings. The highest BCUT2D eigenvalue weighted by Gasteiger charge is 2.22. The fourth-order valence-electron chi connectivity index (χ4n) is 1.86. The highest BCUT2D eigenvalue weighted by molar-refractivity contribution is 7.92. The Hall–Kier alpha value is -2.21. The fraction of sp³-hybridized carbons (Fsp3) is 0.200. The molecule has 0 radical (unpaired) electrons. The van der Waals surface area contributed by atoms with Crippen molar-refractivity contribution < 1.29 is 13.2 Å². The van der Waals surface area contributed by atoms with E-state index >= 15 is 0 Å². The second-order valence-electron chi connectivity index (χ2n) is 4.47. The normalized spacial score (nSPS) is 11.1. The number of hydrogen-bond acceptors (Lipinski definition) is 4. The maximum atomic E-state index is 12.6. The third kappa shape index (κ3) is 3.11. The van der Waals surface area contributed by atoms with E-state index in [1.165, 1.54) is 25.4 Å². The molecule has 1 heterocycles. The van der Waals surface area contributed by atoms with Gasteiger partial charge in [0.2, 0.25) is 0 Å². The zero-order valence-electron chi connectivity index (χ0n) is 11.9. The summed E-state index contributed by atoms with van der Waals surface area (Å²) in [4.78, 5) is 15.8. The number of carbonyl (C=O) groups excluding carboxylic acids is 1. The summed E-state index contributed by atoms with van der Waals surface area (Å²) < 4.78 is 26.2. The molecule has 0 bridgehead atoms. The summed E-state index contributed by atoms with van der Waals surface area (Å²) in [7, 11) is -2.30. The molecule has 0 atom stereocenters. The molecule has 2 rings (SSSR count). The summed E-state index contributed by atoms with van der Waals surface area (Å²) in [5.41, 5.74) is 0.396. The Morgan fingerprint density at radius 2 is 1.95 bits per heavy atom. The van der Waals surface area contributed by atoms with Crippen molar-refractivity contribution in [2.24, 2.45) is 0 Å². The number of ketones is 1. The van der Waals surface area contributed by atoms with E-state index in [4.69, 9.17) is 0 Å². The van der Waals surface area contributed by atoms with Crippen LogP contribution < -0.4 is 4.31 Å². The van der Waals surface area contributed by atoms with Gasteiger partial charge in [-0.25, -0.2) is 13.4 Å². The van der Waals surface area contributed by atoms with E-state index in [2.05, 4.69) is 4.98 Å². The molecule has 0 aliphatic carbocycles. The van der Waals surface area contributed by atoms with E-state index in [1.807, 2.05) is 0 Å². The molecule has 0 amide bonds. The minimum atomic E-state index is -3.74. The lowest BCUT2D eigenvalue weighted by Gasteiger charge is -2.18. The summed E-state index contributed by atoms with van der Waals surface area (Å²) in [5.74, 6) is 0.234. The van der Waals surface area contributed by atoms with Gasteiger partial charge in [0.1, 0.15) is 5.82 Å². The van der Waals surface area contributed by atoms with Crippen molar-refractivity contribution in [3.8, 4) is 0 Å². The van der Waals surface area contributed by atoms with Crippen LogP contribution in [0, 0.1) is 0 Å². The second-order valence-corrected chi connectivity index (χ2v) is 6.43. The van der Waals surface area contributed by atoms with E-state index in [0.29, 0.717) is 17.8 Å². The molecule has 0 spiro atoms. The molecule has 110 valence electrons. The molecule has 0 N–H and O–H groups in total. The van der Waals surface area contributed by atoms with Crippen molar-refractivity contribution in [1.29, 1.82) is 0 Å². The van der Waals surface area contributed by atoms with Crippen molar-refractivity contribution >= 4 is 21.6 Å². The number of benzene rings is 1. The molecule has 0 aliphatic rings. The summed E-state index contributed by atoms with van der Waals surface area (Å²) in [6, 6.07) is 11.1. The Bertz CT molecular complexity index is 743. The Labute approximate surface area is 124 Å². The van der Waals surface area contributed by atoms with Crippen LogP contribution in [0.1, 0.15) is 23.7 Å². The number of nitrogens with zero attached hydrogens (tertiary/aromatic N) is 2. The van der Waals surface area contributed by atoms with Crippen LogP contribution in [0.2, 0.25) is 0 Å². The van der Waals surface area contributed by atoms with Crippen LogP contribution in [-0.2, 0) is 10.0 Å². The van der Waals surface area contributed by atoms with Gasteiger partial charge in [-0.15, -0.1) is 0 Å². The first-order valence-corrected chi connectivity index (χ1v) is 7.94.